The summed E-state index contributed by atoms with van der Waals surface area (Å²) < 4.78 is 26.2. The fourth-order valence-electron chi connectivity index (χ4n) is 1.97. The molecule has 1 aromatic rings. The Morgan fingerprint density at radius 1 is 1.45 bits per heavy atom. The molecule has 0 aromatic carbocycles. The summed E-state index contributed by atoms with van der Waals surface area (Å²) in [4.78, 5) is 10.7. The lowest BCUT2D eigenvalue weighted by Gasteiger charge is -2.20. The second-order valence-electron chi connectivity index (χ2n) is 5.06. The van der Waals surface area contributed by atoms with Gasteiger partial charge in [-0.3, -0.25) is 9.89 Å². The van der Waals surface area contributed by atoms with Crippen LogP contribution < -0.4 is 4.72 Å². The lowest BCUT2D eigenvalue weighted by atomic mass is 9.88. The monoisotopic (exact) mass is 303 g/mol. The highest BCUT2D eigenvalue weighted by atomic mass is 32.2. The lowest BCUT2D eigenvalue weighted by molar-refractivity contribution is -0.137. The molecule has 0 saturated carbocycles. The Bertz CT molecular complexity index is 511. The van der Waals surface area contributed by atoms with E-state index in [1.807, 2.05) is 13.8 Å². The molecule has 7 nitrogen and oxygen atoms in total. The van der Waals surface area contributed by atoms with Gasteiger partial charge in [-0.05, 0) is 24.7 Å². The smallest absolute Gasteiger partial charge is 0.303 e. The molecule has 0 saturated heterocycles. The van der Waals surface area contributed by atoms with E-state index in [9.17, 15) is 13.2 Å². The second-order valence-corrected chi connectivity index (χ2v) is 6.82. The van der Waals surface area contributed by atoms with Gasteiger partial charge in [0.2, 0.25) is 10.0 Å². The molecule has 3 N–H and O–H groups in total. The van der Waals surface area contributed by atoms with Crippen LogP contribution >= 0.6 is 0 Å². The van der Waals surface area contributed by atoms with E-state index >= 15 is 0 Å². The normalized spacial score (nSPS) is 13.6. The minimum absolute atomic E-state index is 0.101. The first-order valence-corrected chi connectivity index (χ1v) is 8.01. The van der Waals surface area contributed by atoms with Crippen LogP contribution in [0, 0.1) is 11.8 Å². The van der Waals surface area contributed by atoms with Crippen LogP contribution in [0.25, 0.3) is 0 Å². The molecular weight excluding hydrogens is 282 g/mol. The molecule has 0 aliphatic heterocycles. The maximum Gasteiger partial charge on any atom is 0.303 e. The number of hydrogen-bond donors (Lipinski definition) is 3. The van der Waals surface area contributed by atoms with Crippen molar-refractivity contribution in [2.75, 3.05) is 6.54 Å². The number of aromatic nitrogens is 2. The van der Waals surface area contributed by atoms with Gasteiger partial charge >= 0.3 is 5.97 Å². The van der Waals surface area contributed by atoms with Crippen molar-refractivity contribution in [1.82, 2.24) is 14.9 Å². The van der Waals surface area contributed by atoms with Gasteiger partial charge in [0.15, 0.2) is 0 Å². The van der Waals surface area contributed by atoms with Crippen LogP contribution in [0.15, 0.2) is 17.3 Å². The molecule has 0 amide bonds. The standard InChI is InChI=1S/C12H21N3O4S/c1-9(2)10(3-4-12(16)17)5-6-15-20(18,19)11-7-13-14-8-11/h7-10,15H,3-6H2,1-2H3,(H,13,14)(H,16,17). The third-order valence-corrected chi connectivity index (χ3v) is 4.69. The van der Waals surface area contributed by atoms with Crippen molar-refractivity contribution in [2.45, 2.75) is 38.0 Å². The maximum atomic E-state index is 11.8. The molecule has 0 radical (unpaired) electrons. The quantitative estimate of drug-likeness (QED) is 0.635. The number of carboxylic acid groups (broad SMARTS) is 1. The molecule has 1 aromatic heterocycles. The largest absolute Gasteiger partial charge is 0.481 e. The first-order chi connectivity index (χ1) is 9.33. The molecular formula is C12H21N3O4S. The van der Waals surface area contributed by atoms with Gasteiger partial charge in [-0.15, -0.1) is 0 Å². The summed E-state index contributed by atoms with van der Waals surface area (Å²) in [6.07, 6.45) is 3.83. The van der Waals surface area contributed by atoms with Crippen molar-refractivity contribution in [1.29, 1.82) is 0 Å². The third kappa shape index (κ3) is 5.30. The Labute approximate surface area is 118 Å². The van der Waals surface area contributed by atoms with Crippen LogP contribution in [0.3, 0.4) is 0 Å². The number of carboxylic acids is 1. The molecule has 0 fully saturated rings. The van der Waals surface area contributed by atoms with Crippen molar-refractivity contribution in [3.63, 3.8) is 0 Å². The SMILES string of the molecule is CC(C)C(CCNS(=O)(=O)c1cn[nH]c1)CCC(=O)O. The summed E-state index contributed by atoms with van der Waals surface area (Å²) in [5.41, 5.74) is 0. The molecule has 1 heterocycles. The summed E-state index contributed by atoms with van der Waals surface area (Å²) in [7, 11) is -3.53. The lowest BCUT2D eigenvalue weighted by Crippen LogP contribution is -2.27. The Hall–Kier alpha value is -1.41. The fourth-order valence-corrected chi connectivity index (χ4v) is 2.92. The van der Waals surface area contributed by atoms with E-state index in [1.54, 1.807) is 0 Å². The summed E-state index contributed by atoms with van der Waals surface area (Å²) in [5, 5.41) is 14.8. The number of rotatable bonds is 9. The zero-order valence-electron chi connectivity index (χ0n) is 11.7. The predicted octanol–water partition coefficient (Wildman–Crippen LogP) is 1.22. The summed E-state index contributed by atoms with van der Waals surface area (Å²) >= 11 is 0. The Morgan fingerprint density at radius 3 is 2.65 bits per heavy atom. The molecule has 0 spiro atoms. The number of hydrogen-bond acceptors (Lipinski definition) is 4. The maximum absolute atomic E-state index is 11.8. The number of sulfonamides is 1. The van der Waals surface area contributed by atoms with Crippen LogP contribution in [0.1, 0.15) is 33.1 Å². The third-order valence-electron chi connectivity index (χ3n) is 3.26. The van der Waals surface area contributed by atoms with Gasteiger partial charge in [0, 0.05) is 19.2 Å². The van der Waals surface area contributed by atoms with Crippen molar-refractivity contribution in [2.24, 2.45) is 11.8 Å². The second kappa shape index (κ2) is 7.39. The van der Waals surface area contributed by atoms with Gasteiger partial charge < -0.3 is 5.11 Å². The average Bonchev–Trinajstić information content (AvgIpc) is 2.87. The molecule has 1 rings (SSSR count). The van der Waals surface area contributed by atoms with Gasteiger partial charge in [-0.25, -0.2) is 13.1 Å². The summed E-state index contributed by atoms with van der Waals surface area (Å²) in [5.74, 6) is -0.333. The molecule has 0 aliphatic rings. The fraction of sp³-hybridized carbons (Fsp3) is 0.667. The van der Waals surface area contributed by atoms with Crippen molar-refractivity contribution in [3.05, 3.63) is 12.4 Å². The van der Waals surface area contributed by atoms with Crippen LogP contribution in [0.4, 0.5) is 0 Å². The predicted molar refractivity (Wildman–Crippen MR) is 73.6 cm³/mol. The molecule has 8 heteroatoms. The number of nitrogens with zero attached hydrogens (tertiary/aromatic N) is 1. The summed E-state index contributed by atoms with van der Waals surface area (Å²) in [6.45, 7) is 4.31. The highest BCUT2D eigenvalue weighted by Gasteiger charge is 2.18. The summed E-state index contributed by atoms with van der Waals surface area (Å²) in [6, 6.07) is 0. The number of aromatic amines is 1. The highest BCUT2D eigenvalue weighted by Crippen LogP contribution is 2.20. The van der Waals surface area contributed by atoms with E-state index < -0.39 is 16.0 Å². The minimum Gasteiger partial charge on any atom is -0.481 e. The zero-order chi connectivity index (χ0) is 15.2. The molecule has 114 valence electrons. The van der Waals surface area contributed by atoms with Gasteiger partial charge in [0.1, 0.15) is 4.90 Å². The van der Waals surface area contributed by atoms with Crippen LogP contribution in [0.2, 0.25) is 0 Å². The van der Waals surface area contributed by atoms with Gasteiger partial charge in [-0.2, -0.15) is 5.10 Å². The van der Waals surface area contributed by atoms with E-state index in [0.29, 0.717) is 18.8 Å². The molecule has 0 bridgehead atoms. The minimum atomic E-state index is -3.53. The Kier molecular flexibility index (Phi) is 6.15. The average molecular weight is 303 g/mol. The van der Waals surface area contributed by atoms with E-state index in [4.69, 9.17) is 5.11 Å². The van der Waals surface area contributed by atoms with Crippen molar-refractivity contribution in [3.8, 4) is 0 Å². The number of nitrogens with one attached hydrogen (secondary N) is 2. The number of aliphatic carboxylic acids is 1. The van der Waals surface area contributed by atoms with Crippen LogP contribution in [-0.4, -0.2) is 36.2 Å². The van der Waals surface area contributed by atoms with Gasteiger partial charge in [0.25, 0.3) is 0 Å². The molecule has 0 aliphatic carbocycles. The van der Waals surface area contributed by atoms with Crippen molar-refractivity contribution >= 4 is 16.0 Å². The zero-order valence-corrected chi connectivity index (χ0v) is 12.5. The van der Waals surface area contributed by atoms with Crippen molar-refractivity contribution < 1.29 is 18.3 Å². The van der Waals surface area contributed by atoms with E-state index in [1.165, 1.54) is 12.4 Å². The van der Waals surface area contributed by atoms with E-state index in [0.717, 1.165) is 0 Å². The van der Waals surface area contributed by atoms with Crippen LogP contribution in [-0.2, 0) is 14.8 Å². The van der Waals surface area contributed by atoms with Gasteiger partial charge in [-0.1, -0.05) is 13.8 Å². The molecule has 20 heavy (non-hydrogen) atoms. The Balaban J connectivity index is 2.46. The van der Waals surface area contributed by atoms with E-state index in [2.05, 4.69) is 14.9 Å². The van der Waals surface area contributed by atoms with Gasteiger partial charge in [0.05, 0.1) is 6.20 Å². The topological polar surface area (TPSA) is 112 Å². The number of carbonyl (C=O) groups is 1. The first kappa shape index (κ1) is 16.6. The first-order valence-electron chi connectivity index (χ1n) is 6.53. The van der Waals surface area contributed by atoms with E-state index in [-0.39, 0.29) is 23.8 Å². The molecule has 1 atom stereocenters. The van der Waals surface area contributed by atoms with Crippen LogP contribution in [0.5, 0.6) is 0 Å². The number of H-pyrrole nitrogens is 1. The Morgan fingerprint density at radius 2 is 2.15 bits per heavy atom. The highest BCUT2D eigenvalue weighted by molar-refractivity contribution is 7.89. The molecule has 1 unspecified atom stereocenters.